The Balaban J connectivity index is 2.14. The van der Waals surface area contributed by atoms with E-state index in [1.54, 1.807) is 0 Å². The van der Waals surface area contributed by atoms with E-state index in [0.717, 1.165) is 0 Å². The predicted octanol–water partition coefficient (Wildman–Crippen LogP) is 2.08. The first-order chi connectivity index (χ1) is 3.43. The fourth-order valence-electron chi connectivity index (χ4n) is 0.757. The average Bonchev–Trinajstić information content (AvgIpc) is 2.14. The van der Waals surface area contributed by atoms with E-state index in [1.807, 2.05) is 9.12 Å². The quantitative estimate of drug-likeness (QED) is 0.500. The Bertz CT molecular complexity index is 53.7. The number of rotatable bonds is 1. The number of hydrogen-bond acceptors (Lipinski definition) is 2. The van der Waals surface area contributed by atoms with Gasteiger partial charge in [0.15, 0.2) is 0 Å². The van der Waals surface area contributed by atoms with E-state index in [9.17, 15) is 0 Å². The zero-order chi connectivity index (χ0) is 5.11. The van der Waals surface area contributed by atoms with E-state index < -0.39 is 0 Å². The van der Waals surface area contributed by atoms with Crippen LogP contribution in [0.4, 0.5) is 0 Å². The molecule has 1 fully saturated rings. The van der Waals surface area contributed by atoms with Crippen LogP contribution in [0.3, 0.4) is 0 Å². The molecule has 0 N–H and O–H groups in total. The van der Waals surface area contributed by atoms with Crippen LogP contribution >= 0.6 is 30.3 Å². The van der Waals surface area contributed by atoms with Crippen molar-refractivity contribution in [1.82, 2.24) is 4.31 Å². The lowest BCUT2D eigenvalue weighted by Gasteiger charge is -2.04. The van der Waals surface area contributed by atoms with Gasteiger partial charge in [0, 0.05) is 34.3 Å². The van der Waals surface area contributed by atoms with E-state index in [1.165, 1.54) is 25.9 Å². The standard InChI is InChI=1S/C4H8INS/c5-7-6-3-1-2-4-6/h1-4H2. The Hall–Kier alpha value is 1.04. The predicted molar refractivity (Wildman–Crippen MR) is 42.4 cm³/mol. The van der Waals surface area contributed by atoms with Gasteiger partial charge in [-0.2, -0.15) is 0 Å². The molecule has 0 bridgehead atoms. The SMILES string of the molecule is ISN1CCCC1. The van der Waals surface area contributed by atoms with Gasteiger partial charge in [0.25, 0.3) is 0 Å². The van der Waals surface area contributed by atoms with E-state index in [-0.39, 0.29) is 0 Å². The number of hydrogen-bond donors (Lipinski definition) is 0. The first-order valence-electron chi connectivity index (χ1n) is 2.47. The van der Waals surface area contributed by atoms with E-state index in [2.05, 4.69) is 25.5 Å². The molecule has 0 aromatic heterocycles. The Morgan fingerprint density at radius 3 is 2.14 bits per heavy atom. The van der Waals surface area contributed by atoms with Crippen LogP contribution in [0.25, 0.3) is 0 Å². The maximum absolute atomic E-state index is 2.39. The minimum Gasteiger partial charge on any atom is -0.242 e. The summed E-state index contributed by atoms with van der Waals surface area (Å²) in [6.07, 6.45) is 2.80. The molecule has 7 heavy (non-hydrogen) atoms. The minimum atomic E-state index is 1.30. The molecular weight excluding hydrogens is 221 g/mol. The Labute approximate surface area is 60.6 Å². The van der Waals surface area contributed by atoms with Crippen LogP contribution in [0.2, 0.25) is 0 Å². The third kappa shape index (κ3) is 1.77. The zero-order valence-corrected chi connectivity index (χ0v) is 7.04. The van der Waals surface area contributed by atoms with Crippen molar-refractivity contribution >= 4 is 30.3 Å². The molecule has 3 heteroatoms. The first-order valence-corrected chi connectivity index (χ1v) is 5.79. The highest BCUT2D eigenvalue weighted by Gasteiger charge is 2.08. The lowest BCUT2D eigenvalue weighted by atomic mass is 10.4. The summed E-state index contributed by atoms with van der Waals surface area (Å²) in [4.78, 5) is 0. The minimum absolute atomic E-state index is 1.30. The van der Waals surface area contributed by atoms with E-state index >= 15 is 0 Å². The monoisotopic (exact) mass is 229 g/mol. The number of halogens is 1. The summed E-state index contributed by atoms with van der Waals surface area (Å²) in [6.45, 7) is 2.60. The molecule has 0 aliphatic carbocycles. The summed E-state index contributed by atoms with van der Waals surface area (Å²) in [5, 5.41) is 0. The van der Waals surface area contributed by atoms with E-state index in [0.29, 0.717) is 0 Å². The lowest BCUT2D eigenvalue weighted by molar-refractivity contribution is 0.594. The van der Waals surface area contributed by atoms with Gasteiger partial charge in [-0.1, -0.05) is 0 Å². The summed E-state index contributed by atoms with van der Waals surface area (Å²) < 4.78 is 2.39. The van der Waals surface area contributed by atoms with Gasteiger partial charge in [0.1, 0.15) is 0 Å². The van der Waals surface area contributed by atoms with Crippen LogP contribution in [-0.2, 0) is 0 Å². The zero-order valence-electron chi connectivity index (χ0n) is 4.06. The van der Waals surface area contributed by atoms with Crippen LogP contribution in [0.15, 0.2) is 0 Å². The van der Waals surface area contributed by atoms with Gasteiger partial charge in [0.2, 0.25) is 0 Å². The normalized spacial score (nSPS) is 23.6. The molecule has 0 unspecified atom stereocenters. The van der Waals surface area contributed by atoms with Crippen molar-refractivity contribution in [3.8, 4) is 0 Å². The molecule has 1 nitrogen and oxygen atoms in total. The van der Waals surface area contributed by atoms with Crippen molar-refractivity contribution in [2.75, 3.05) is 13.1 Å². The topological polar surface area (TPSA) is 3.24 Å². The highest BCUT2D eigenvalue weighted by Crippen LogP contribution is 2.23. The highest BCUT2D eigenvalue weighted by atomic mass is 127. The lowest BCUT2D eigenvalue weighted by Crippen LogP contribution is -2.05. The van der Waals surface area contributed by atoms with Crippen LogP contribution in [0, 0.1) is 0 Å². The van der Waals surface area contributed by atoms with Crippen molar-refractivity contribution in [3.63, 3.8) is 0 Å². The largest absolute Gasteiger partial charge is 0.242 e. The number of nitrogens with zero attached hydrogens (tertiary/aromatic N) is 1. The van der Waals surface area contributed by atoms with Gasteiger partial charge in [-0.25, -0.2) is 4.31 Å². The molecule has 0 amide bonds. The molecule has 1 aliphatic rings. The van der Waals surface area contributed by atoms with Gasteiger partial charge >= 0.3 is 0 Å². The second kappa shape index (κ2) is 3.14. The maximum atomic E-state index is 2.39. The molecular formula is C4H8INS. The fraction of sp³-hybridized carbons (Fsp3) is 1.00. The smallest absolute Gasteiger partial charge is 0.0146 e. The molecule has 0 spiro atoms. The van der Waals surface area contributed by atoms with E-state index in [4.69, 9.17) is 0 Å². The molecule has 42 valence electrons. The summed E-state index contributed by atoms with van der Waals surface area (Å²) in [5.41, 5.74) is 0. The summed E-state index contributed by atoms with van der Waals surface area (Å²) >= 11 is 2.33. The molecule has 0 aromatic carbocycles. The van der Waals surface area contributed by atoms with Gasteiger partial charge in [0.05, 0.1) is 0 Å². The van der Waals surface area contributed by atoms with Crippen molar-refractivity contribution in [1.29, 1.82) is 0 Å². The second-order valence-corrected chi connectivity index (χ2v) is 3.54. The van der Waals surface area contributed by atoms with Gasteiger partial charge in [-0.05, 0) is 22.0 Å². The third-order valence-corrected chi connectivity index (χ3v) is 3.39. The third-order valence-electron chi connectivity index (χ3n) is 1.16. The van der Waals surface area contributed by atoms with Gasteiger partial charge < -0.3 is 0 Å². The molecule has 0 atom stereocenters. The Morgan fingerprint density at radius 1 is 1.29 bits per heavy atom. The van der Waals surface area contributed by atoms with Crippen molar-refractivity contribution in [3.05, 3.63) is 0 Å². The van der Waals surface area contributed by atoms with Crippen LogP contribution < -0.4 is 0 Å². The molecule has 0 saturated carbocycles. The molecule has 0 aromatic rings. The molecule has 0 radical (unpaired) electrons. The molecule has 1 heterocycles. The summed E-state index contributed by atoms with van der Waals surface area (Å²) in [7, 11) is 1.84. The average molecular weight is 229 g/mol. The first kappa shape index (κ1) is 6.16. The maximum Gasteiger partial charge on any atom is 0.0146 e. The Morgan fingerprint density at radius 2 is 1.86 bits per heavy atom. The highest BCUT2D eigenvalue weighted by molar-refractivity contribution is 14.2. The molecule has 1 saturated heterocycles. The summed E-state index contributed by atoms with van der Waals surface area (Å²) in [5.74, 6) is 0. The molecule has 1 rings (SSSR count). The van der Waals surface area contributed by atoms with Crippen LogP contribution in [0.5, 0.6) is 0 Å². The second-order valence-electron chi connectivity index (χ2n) is 1.71. The van der Waals surface area contributed by atoms with Crippen molar-refractivity contribution < 1.29 is 0 Å². The van der Waals surface area contributed by atoms with Crippen molar-refractivity contribution in [2.45, 2.75) is 12.8 Å². The van der Waals surface area contributed by atoms with Crippen molar-refractivity contribution in [2.24, 2.45) is 0 Å². The van der Waals surface area contributed by atoms with Gasteiger partial charge in [-0.15, -0.1) is 0 Å². The summed E-state index contributed by atoms with van der Waals surface area (Å²) in [6, 6.07) is 0. The van der Waals surface area contributed by atoms with Crippen LogP contribution in [-0.4, -0.2) is 17.4 Å². The Kier molecular flexibility index (Phi) is 2.77. The molecule has 1 aliphatic heterocycles. The fourth-order valence-corrected chi connectivity index (χ4v) is 2.34. The van der Waals surface area contributed by atoms with Gasteiger partial charge in [-0.3, -0.25) is 0 Å². The van der Waals surface area contributed by atoms with Crippen LogP contribution in [0.1, 0.15) is 12.8 Å².